The maximum Gasteiger partial charge on any atom is 0.338 e. The van der Waals surface area contributed by atoms with Gasteiger partial charge in [0.05, 0.1) is 16.9 Å². The van der Waals surface area contributed by atoms with Crippen molar-refractivity contribution in [1.29, 1.82) is 0 Å². The number of rotatable bonds is 5. The van der Waals surface area contributed by atoms with Gasteiger partial charge in [-0.3, -0.25) is 14.3 Å². The molecule has 144 valence electrons. The van der Waals surface area contributed by atoms with E-state index in [0.717, 1.165) is 3.57 Å². The Kier molecular flexibility index (Phi) is 5.98. The van der Waals surface area contributed by atoms with Gasteiger partial charge in [-0.05, 0) is 65.9 Å². The number of ether oxygens (including phenoxy) is 1. The van der Waals surface area contributed by atoms with Crippen LogP contribution in [-0.4, -0.2) is 27.8 Å². The zero-order valence-electron chi connectivity index (χ0n) is 15.3. The second kappa shape index (κ2) is 8.42. The molecule has 1 heterocycles. The fourth-order valence-corrected chi connectivity index (χ4v) is 3.05. The van der Waals surface area contributed by atoms with E-state index in [9.17, 15) is 14.4 Å². The molecule has 1 amide bonds. The van der Waals surface area contributed by atoms with Gasteiger partial charge in [0.25, 0.3) is 11.5 Å². The van der Waals surface area contributed by atoms with Crippen molar-refractivity contribution >= 4 is 40.2 Å². The van der Waals surface area contributed by atoms with Crippen LogP contribution in [0.15, 0.2) is 59.4 Å². The van der Waals surface area contributed by atoms with Gasteiger partial charge < -0.3 is 10.1 Å². The van der Waals surface area contributed by atoms with Crippen molar-refractivity contribution in [2.24, 2.45) is 7.05 Å². The Hall–Kier alpha value is -2.88. The van der Waals surface area contributed by atoms with Crippen LogP contribution in [0.3, 0.4) is 0 Å². The van der Waals surface area contributed by atoms with Gasteiger partial charge in [-0.2, -0.15) is 0 Å². The lowest BCUT2D eigenvalue weighted by molar-refractivity contribution is -0.119. The number of anilines is 1. The summed E-state index contributed by atoms with van der Waals surface area (Å²) in [6.45, 7) is 1.25. The average Bonchev–Trinajstić information content (AvgIpc) is 2.90. The molecular weight excluding hydrogens is 473 g/mol. The van der Waals surface area contributed by atoms with Crippen molar-refractivity contribution in [3.05, 3.63) is 79.8 Å². The molecule has 3 aromatic rings. The molecule has 0 aliphatic carbocycles. The Morgan fingerprint density at radius 1 is 1.07 bits per heavy atom. The largest absolute Gasteiger partial charge is 0.452 e. The van der Waals surface area contributed by atoms with Crippen LogP contribution in [-0.2, 0) is 16.6 Å². The molecule has 3 rings (SSSR count). The summed E-state index contributed by atoms with van der Waals surface area (Å²) >= 11 is 2.13. The highest BCUT2D eigenvalue weighted by Gasteiger charge is 2.19. The third-order valence-electron chi connectivity index (χ3n) is 4.23. The fraction of sp³-hybridized carbons (Fsp3) is 0.150. The fourth-order valence-electron chi connectivity index (χ4n) is 2.69. The Morgan fingerprint density at radius 2 is 1.71 bits per heavy atom. The predicted molar refractivity (Wildman–Crippen MR) is 114 cm³/mol. The molecule has 0 atom stereocenters. The van der Waals surface area contributed by atoms with Crippen LogP contribution in [0, 0.1) is 10.5 Å². The highest BCUT2D eigenvalue weighted by Crippen LogP contribution is 2.14. The van der Waals surface area contributed by atoms with Gasteiger partial charge in [0.1, 0.15) is 5.69 Å². The maximum absolute atomic E-state index is 12.8. The topological polar surface area (TPSA) is 82.3 Å². The second-order valence-corrected chi connectivity index (χ2v) is 7.31. The molecule has 0 unspecified atom stereocenters. The van der Waals surface area contributed by atoms with E-state index in [2.05, 4.69) is 27.9 Å². The first-order valence-corrected chi connectivity index (χ1v) is 9.53. The molecule has 2 aromatic carbocycles. The number of benzene rings is 2. The number of carbonyl (C=O) groups is 2. The summed E-state index contributed by atoms with van der Waals surface area (Å²) in [5, 5.41) is 2.55. The number of aromatic nitrogens is 2. The van der Waals surface area contributed by atoms with E-state index < -0.39 is 18.5 Å². The molecule has 7 nitrogen and oxygen atoms in total. The highest BCUT2D eigenvalue weighted by molar-refractivity contribution is 14.1. The van der Waals surface area contributed by atoms with Gasteiger partial charge in [0.2, 0.25) is 0 Å². The zero-order valence-corrected chi connectivity index (χ0v) is 17.5. The number of nitrogens with one attached hydrogen (secondary N) is 1. The van der Waals surface area contributed by atoms with Crippen molar-refractivity contribution in [2.75, 3.05) is 11.9 Å². The van der Waals surface area contributed by atoms with Crippen LogP contribution in [0.5, 0.6) is 0 Å². The molecule has 0 radical (unpaired) electrons. The van der Waals surface area contributed by atoms with E-state index in [1.807, 2.05) is 18.2 Å². The third-order valence-corrected chi connectivity index (χ3v) is 4.95. The number of hydrogen-bond donors (Lipinski definition) is 1. The highest BCUT2D eigenvalue weighted by atomic mass is 127. The van der Waals surface area contributed by atoms with Crippen molar-refractivity contribution in [3.8, 4) is 5.69 Å². The Balaban J connectivity index is 1.72. The number of esters is 1. The monoisotopic (exact) mass is 491 g/mol. The van der Waals surface area contributed by atoms with Crippen molar-refractivity contribution < 1.29 is 14.3 Å². The quantitative estimate of drug-likeness (QED) is 0.440. The van der Waals surface area contributed by atoms with Crippen LogP contribution in [0.1, 0.15) is 16.1 Å². The Labute approximate surface area is 175 Å². The van der Waals surface area contributed by atoms with E-state index in [1.54, 1.807) is 55.1 Å². The smallest absolute Gasteiger partial charge is 0.338 e. The SMILES string of the molecule is Cc1c(NC(=O)COC(=O)c2ccc(I)cc2)c(=O)n(-c2ccccc2)n1C. The number of nitrogens with zero attached hydrogens (tertiary/aromatic N) is 2. The summed E-state index contributed by atoms with van der Waals surface area (Å²) < 4.78 is 9.14. The number of halogens is 1. The molecule has 1 aromatic heterocycles. The van der Waals surface area contributed by atoms with Crippen LogP contribution < -0.4 is 10.9 Å². The van der Waals surface area contributed by atoms with Gasteiger partial charge in [-0.15, -0.1) is 0 Å². The molecule has 0 bridgehead atoms. The lowest BCUT2D eigenvalue weighted by Gasteiger charge is -2.07. The average molecular weight is 491 g/mol. The zero-order chi connectivity index (χ0) is 20.3. The minimum atomic E-state index is -0.599. The lowest BCUT2D eigenvalue weighted by Crippen LogP contribution is -2.25. The van der Waals surface area contributed by atoms with E-state index in [0.29, 0.717) is 16.9 Å². The maximum atomic E-state index is 12.8. The van der Waals surface area contributed by atoms with Crippen molar-refractivity contribution in [1.82, 2.24) is 9.36 Å². The molecule has 0 fully saturated rings. The van der Waals surface area contributed by atoms with Crippen LogP contribution in [0.2, 0.25) is 0 Å². The number of amides is 1. The van der Waals surface area contributed by atoms with E-state index in [4.69, 9.17) is 4.74 Å². The van der Waals surface area contributed by atoms with E-state index >= 15 is 0 Å². The van der Waals surface area contributed by atoms with Gasteiger partial charge in [0.15, 0.2) is 6.61 Å². The van der Waals surface area contributed by atoms with Gasteiger partial charge >= 0.3 is 5.97 Å². The van der Waals surface area contributed by atoms with Crippen molar-refractivity contribution in [3.63, 3.8) is 0 Å². The number of carbonyl (C=O) groups excluding carboxylic acids is 2. The minimum absolute atomic E-state index is 0.154. The summed E-state index contributed by atoms with van der Waals surface area (Å²) in [5.41, 5.74) is 1.43. The first-order valence-electron chi connectivity index (χ1n) is 8.45. The number of para-hydroxylation sites is 1. The summed E-state index contributed by atoms with van der Waals surface area (Å²) in [4.78, 5) is 37.0. The van der Waals surface area contributed by atoms with Crippen molar-refractivity contribution in [2.45, 2.75) is 6.92 Å². The van der Waals surface area contributed by atoms with E-state index in [1.165, 1.54) is 4.68 Å². The predicted octanol–water partition coefficient (Wildman–Crippen LogP) is 2.88. The van der Waals surface area contributed by atoms with Gasteiger partial charge in [-0.1, -0.05) is 18.2 Å². The molecule has 1 N–H and O–H groups in total. The molecule has 0 saturated carbocycles. The molecule has 0 saturated heterocycles. The second-order valence-electron chi connectivity index (χ2n) is 6.07. The molecule has 0 aliphatic rings. The summed E-state index contributed by atoms with van der Waals surface area (Å²) in [5.74, 6) is -1.18. The van der Waals surface area contributed by atoms with Crippen LogP contribution in [0.25, 0.3) is 5.69 Å². The number of hydrogen-bond acceptors (Lipinski definition) is 4. The molecule has 8 heteroatoms. The van der Waals surface area contributed by atoms with Gasteiger partial charge in [0, 0.05) is 10.6 Å². The van der Waals surface area contributed by atoms with Crippen LogP contribution >= 0.6 is 22.6 Å². The standard InChI is InChI=1S/C20H18IN3O4/c1-13-18(19(26)24(23(13)2)16-6-4-3-5-7-16)22-17(25)12-28-20(27)14-8-10-15(21)11-9-14/h3-11H,12H2,1-2H3,(H,22,25). The summed E-state index contributed by atoms with van der Waals surface area (Å²) in [7, 11) is 1.73. The molecule has 0 spiro atoms. The van der Waals surface area contributed by atoms with Crippen LogP contribution in [0.4, 0.5) is 5.69 Å². The molecular formula is C20H18IN3O4. The Bertz CT molecular complexity index is 1070. The lowest BCUT2D eigenvalue weighted by atomic mass is 10.2. The molecule has 0 aliphatic heterocycles. The third kappa shape index (κ3) is 4.16. The normalized spacial score (nSPS) is 10.5. The minimum Gasteiger partial charge on any atom is -0.452 e. The Morgan fingerprint density at radius 3 is 2.36 bits per heavy atom. The first-order chi connectivity index (χ1) is 13.4. The summed E-state index contributed by atoms with van der Waals surface area (Å²) in [6, 6.07) is 15.9. The first kappa shape index (κ1) is 19.9. The summed E-state index contributed by atoms with van der Waals surface area (Å²) in [6.07, 6.45) is 0. The molecule has 28 heavy (non-hydrogen) atoms. The van der Waals surface area contributed by atoms with Gasteiger partial charge in [-0.25, -0.2) is 9.48 Å². The van der Waals surface area contributed by atoms with E-state index in [-0.39, 0.29) is 11.2 Å².